The molecule has 0 radical (unpaired) electrons. The van der Waals surface area contributed by atoms with Gasteiger partial charge in [-0.3, -0.25) is 10.1 Å². The zero-order chi connectivity index (χ0) is 18.1. The second-order valence-electron chi connectivity index (χ2n) is 4.29. The molecule has 128 valence electrons. The molecule has 0 heterocycles. The third kappa shape index (κ3) is 4.64. The second kappa shape index (κ2) is 9.05. The zero-order valence-corrected chi connectivity index (χ0v) is 13.8. The summed E-state index contributed by atoms with van der Waals surface area (Å²) in [5.74, 6) is 0.311. The van der Waals surface area contributed by atoms with E-state index in [-0.39, 0.29) is 12.2 Å². The molecule has 0 aromatic heterocycles. The van der Waals surface area contributed by atoms with Gasteiger partial charge in [-0.2, -0.15) is 5.26 Å². The quantitative estimate of drug-likeness (QED) is 0.625. The molecule has 0 fully saturated rings. The Morgan fingerprint density at radius 1 is 1.12 bits per heavy atom. The van der Waals surface area contributed by atoms with Crippen LogP contribution in [0.2, 0.25) is 0 Å². The van der Waals surface area contributed by atoms with E-state index >= 15 is 0 Å². The maximum atomic E-state index is 11.9. The molecule has 1 N–H and O–H groups in total. The van der Waals surface area contributed by atoms with Gasteiger partial charge in [-0.15, -0.1) is 0 Å². The SMILES string of the molecule is CCOC(=O)NC(=O)/C(C#N)=C\c1cc(OC)c(OC)cc1OC. The van der Waals surface area contributed by atoms with Crippen LogP contribution in [0.3, 0.4) is 0 Å². The summed E-state index contributed by atoms with van der Waals surface area (Å²) in [5.41, 5.74) is 0.110. The van der Waals surface area contributed by atoms with Gasteiger partial charge < -0.3 is 18.9 Å². The topological polar surface area (TPSA) is 107 Å². The van der Waals surface area contributed by atoms with Crippen LogP contribution >= 0.6 is 0 Å². The molecule has 8 heteroatoms. The Bertz CT molecular complexity index is 691. The zero-order valence-electron chi connectivity index (χ0n) is 13.8. The van der Waals surface area contributed by atoms with Gasteiger partial charge >= 0.3 is 6.09 Å². The second-order valence-corrected chi connectivity index (χ2v) is 4.29. The predicted molar refractivity (Wildman–Crippen MR) is 84.9 cm³/mol. The van der Waals surface area contributed by atoms with Crippen molar-refractivity contribution >= 4 is 18.1 Å². The fourth-order valence-corrected chi connectivity index (χ4v) is 1.80. The number of nitriles is 1. The van der Waals surface area contributed by atoms with E-state index in [0.717, 1.165) is 0 Å². The summed E-state index contributed by atoms with van der Waals surface area (Å²) < 4.78 is 20.2. The largest absolute Gasteiger partial charge is 0.496 e. The molecule has 0 aliphatic heterocycles. The Balaban J connectivity index is 3.22. The first kappa shape index (κ1) is 18.8. The third-order valence-electron chi connectivity index (χ3n) is 2.89. The molecule has 0 unspecified atom stereocenters. The summed E-state index contributed by atoms with van der Waals surface area (Å²) in [6.07, 6.45) is 0.345. The molecule has 0 atom stereocenters. The Hall–Kier alpha value is -3.21. The van der Waals surface area contributed by atoms with E-state index in [4.69, 9.17) is 19.5 Å². The van der Waals surface area contributed by atoms with Gasteiger partial charge in [0.1, 0.15) is 17.4 Å². The summed E-state index contributed by atoms with van der Waals surface area (Å²) in [5, 5.41) is 11.1. The van der Waals surface area contributed by atoms with Crippen LogP contribution < -0.4 is 19.5 Å². The molecule has 2 amide bonds. The standard InChI is InChI=1S/C16H18N2O6/c1-5-24-16(20)18-15(19)11(9-17)6-10-7-13(22-3)14(23-4)8-12(10)21-2/h6-8H,5H2,1-4H3,(H,18,19,20)/b11-6-. The number of nitrogens with zero attached hydrogens (tertiary/aromatic N) is 1. The molecule has 0 aliphatic rings. The van der Waals surface area contributed by atoms with Crippen LogP contribution in [0.25, 0.3) is 6.08 Å². The molecule has 0 saturated heterocycles. The van der Waals surface area contributed by atoms with Crippen molar-refractivity contribution in [2.24, 2.45) is 0 Å². The van der Waals surface area contributed by atoms with Gasteiger partial charge in [0.15, 0.2) is 11.5 Å². The lowest BCUT2D eigenvalue weighted by Gasteiger charge is -2.12. The van der Waals surface area contributed by atoms with Crippen LogP contribution in [0, 0.1) is 11.3 Å². The molecule has 8 nitrogen and oxygen atoms in total. The van der Waals surface area contributed by atoms with Gasteiger partial charge in [-0.25, -0.2) is 4.79 Å². The van der Waals surface area contributed by atoms with Crippen molar-refractivity contribution in [2.75, 3.05) is 27.9 Å². The molecule has 1 aromatic carbocycles. The summed E-state index contributed by atoms with van der Waals surface area (Å²) in [4.78, 5) is 23.2. The molecule has 1 rings (SSSR count). The van der Waals surface area contributed by atoms with Crippen LogP contribution in [-0.2, 0) is 9.53 Å². The number of ether oxygens (including phenoxy) is 4. The maximum Gasteiger partial charge on any atom is 0.414 e. The van der Waals surface area contributed by atoms with Crippen LogP contribution in [0.4, 0.5) is 4.79 Å². The lowest BCUT2D eigenvalue weighted by molar-refractivity contribution is -0.116. The number of carbonyl (C=O) groups is 2. The van der Waals surface area contributed by atoms with Gasteiger partial charge in [0.05, 0.1) is 27.9 Å². The van der Waals surface area contributed by atoms with E-state index < -0.39 is 12.0 Å². The summed E-state index contributed by atoms with van der Waals surface area (Å²) >= 11 is 0. The van der Waals surface area contributed by atoms with Gasteiger partial charge in [0.25, 0.3) is 5.91 Å². The average Bonchev–Trinajstić information content (AvgIpc) is 2.58. The fraction of sp³-hybridized carbons (Fsp3) is 0.312. The van der Waals surface area contributed by atoms with Gasteiger partial charge in [0.2, 0.25) is 0 Å². The van der Waals surface area contributed by atoms with Crippen LogP contribution in [0.5, 0.6) is 17.2 Å². The number of methoxy groups -OCH3 is 3. The van der Waals surface area contributed by atoms with E-state index in [1.165, 1.54) is 27.4 Å². The van der Waals surface area contributed by atoms with E-state index in [0.29, 0.717) is 22.8 Å². The minimum Gasteiger partial charge on any atom is -0.496 e. The lowest BCUT2D eigenvalue weighted by atomic mass is 10.1. The molecule has 0 aliphatic carbocycles. The molecule has 0 saturated carbocycles. The Kier molecular flexibility index (Phi) is 7.10. The molecule has 0 spiro atoms. The average molecular weight is 334 g/mol. The summed E-state index contributed by atoms with van der Waals surface area (Å²) in [7, 11) is 4.36. The molecule has 24 heavy (non-hydrogen) atoms. The summed E-state index contributed by atoms with van der Waals surface area (Å²) in [6, 6.07) is 4.84. The summed E-state index contributed by atoms with van der Waals surface area (Å²) in [6.45, 7) is 1.70. The number of nitrogens with one attached hydrogen (secondary N) is 1. The highest BCUT2D eigenvalue weighted by atomic mass is 16.5. The number of amides is 2. The maximum absolute atomic E-state index is 11.9. The molecule has 1 aromatic rings. The van der Waals surface area contributed by atoms with Crippen LogP contribution in [-0.4, -0.2) is 39.9 Å². The van der Waals surface area contributed by atoms with Gasteiger partial charge in [-0.1, -0.05) is 0 Å². The van der Waals surface area contributed by atoms with Crippen molar-refractivity contribution < 1.29 is 28.5 Å². The Morgan fingerprint density at radius 2 is 1.71 bits per heavy atom. The van der Waals surface area contributed by atoms with E-state index in [9.17, 15) is 9.59 Å². The normalized spacial score (nSPS) is 10.4. The number of hydrogen-bond acceptors (Lipinski definition) is 7. The number of imide groups is 1. The van der Waals surface area contributed by atoms with E-state index in [1.54, 1.807) is 25.1 Å². The number of rotatable bonds is 6. The van der Waals surface area contributed by atoms with Gasteiger partial charge in [0, 0.05) is 11.6 Å². The smallest absolute Gasteiger partial charge is 0.414 e. The number of benzene rings is 1. The van der Waals surface area contributed by atoms with Crippen molar-refractivity contribution in [2.45, 2.75) is 6.92 Å². The van der Waals surface area contributed by atoms with Crippen molar-refractivity contribution in [1.29, 1.82) is 5.26 Å². The highest BCUT2D eigenvalue weighted by molar-refractivity contribution is 6.08. The van der Waals surface area contributed by atoms with Gasteiger partial charge in [-0.05, 0) is 19.1 Å². The first-order valence-corrected chi connectivity index (χ1v) is 6.90. The van der Waals surface area contributed by atoms with Crippen LogP contribution in [0.15, 0.2) is 17.7 Å². The first-order valence-electron chi connectivity index (χ1n) is 6.90. The molecule has 0 bridgehead atoms. The number of hydrogen-bond donors (Lipinski definition) is 1. The molecular formula is C16H18N2O6. The minimum atomic E-state index is -0.928. The number of alkyl carbamates (subject to hydrolysis) is 1. The van der Waals surface area contributed by atoms with Crippen molar-refractivity contribution in [3.63, 3.8) is 0 Å². The Morgan fingerprint density at radius 3 is 2.21 bits per heavy atom. The van der Waals surface area contributed by atoms with Crippen molar-refractivity contribution in [3.05, 3.63) is 23.3 Å². The monoisotopic (exact) mass is 334 g/mol. The highest BCUT2D eigenvalue weighted by Gasteiger charge is 2.16. The van der Waals surface area contributed by atoms with E-state index in [2.05, 4.69) is 4.74 Å². The van der Waals surface area contributed by atoms with Crippen molar-refractivity contribution in [3.8, 4) is 23.3 Å². The Labute approximate surface area is 139 Å². The fourth-order valence-electron chi connectivity index (χ4n) is 1.80. The van der Waals surface area contributed by atoms with Crippen LogP contribution in [0.1, 0.15) is 12.5 Å². The minimum absolute atomic E-state index is 0.105. The van der Waals surface area contributed by atoms with Crippen molar-refractivity contribution in [1.82, 2.24) is 5.32 Å². The third-order valence-corrected chi connectivity index (χ3v) is 2.89. The highest BCUT2D eigenvalue weighted by Crippen LogP contribution is 2.35. The first-order chi connectivity index (χ1) is 11.5. The number of carbonyl (C=O) groups excluding carboxylic acids is 2. The van der Waals surface area contributed by atoms with E-state index in [1.807, 2.05) is 5.32 Å². The molecular weight excluding hydrogens is 316 g/mol. The predicted octanol–water partition coefficient (Wildman–Crippen LogP) is 1.89. The lowest BCUT2D eigenvalue weighted by Crippen LogP contribution is -2.31.